The first-order valence-electron chi connectivity index (χ1n) is 6.04. The van der Waals surface area contributed by atoms with Crippen molar-refractivity contribution in [3.63, 3.8) is 0 Å². The van der Waals surface area contributed by atoms with Gasteiger partial charge < -0.3 is 5.73 Å². The number of rotatable bonds is 2. The van der Waals surface area contributed by atoms with E-state index in [0.29, 0.717) is 10.6 Å². The normalized spacial score (nSPS) is 10.2. The zero-order chi connectivity index (χ0) is 14.0. The zero-order valence-electron chi connectivity index (χ0n) is 10.9. The number of benzene rings is 1. The van der Waals surface area contributed by atoms with Gasteiger partial charge in [-0.05, 0) is 25.0 Å². The second kappa shape index (κ2) is 5.29. The summed E-state index contributed by atoms with van der Waals surface area (Å²) in [7, 11) is 0. The molecular weight excluding hydrogens is 258 g/mol. The lowest BCUT2D eigenvalue weighted by atomic mass is 9.93. The number of nitrogens with zero attached hydrogens (tertiary/aromatic N) is 2. The highest BCUT2D eigenvalue weighted by atomic mass is 35.5. The van der Waals surface area contributed by atoms with Crippen molar-refractivity contribution in [3.8, 4) is 17.2 Å². The summed E-state index contributed by atoms with van der Waals surface area (Å²) in [5.74, 6) is 0.257. The number of nitrogens with two attached hydrogens (primary N) is 1. The van der Waals surface area contributed by atoms with Gasteiger partial charge >= 0.3 is 0 Å². The molecule has 19 heavy (non-hydrogen) atoms. The standard InChI is InChI=1S/C15H14ClN3/c1-3-10-9(2)19-15(18)12(8-17)14(10)11-6-4-5-7-13(11)16/h4-7H,3H2,1-2H3,(H2,18,19). The van der Waals surface area contributed by atoms with Crippen LogP contribution in [0.25, 0.3) is 11.1 Å². The first-order valence-corrected chi connectivity index (χ1v) is 6.41. The molecule has 0 aliphatic rings. The molecule has 0 aliphatic heterocycles. The lowest BCUT2D eigenvalue weighted by Gasteiger charge is -2.15. The maximum atomic E-state index is 9.35. The largest absolute Gasteiger partial charge is 0.383 e. The topological polar surface area (TPSA) is 62.7 Å². The highest BCUT2D eigenvalue weighted by Gasteiger charge is 2.18. The molecule has 96 valence electrons. The molecule has 2 N–H and O–H groups in total. The van der Waals surface area contributed by atoms with Crippen LogP contribution in [0.15, 0.2) is 24.3 Å². The molecule has 0 radical (unpaired) electrons. The Morgan fingerprint density at radius 1 is 1.37 bits per heavy atom. The van der Waals surface area contributed by atoms with Crippen LogP contribution in [0.3, 0.4) is 0 Å². The average Bonchev–Trinajstić information content (AvgIpc) is 2.38. The molecule has 0 fully saturated rings. The Hall–Kier alpha value is -2.05. The van der Waals surface area contributed by atoms with Gasteiger partial charge in [-0.3, -0.25) is 0 Å². The number of nitriles is 1. The Labute approximate surface area is 117 Å². The minimum atomic E-state index is 0.257. The second-order valence-electron chi connectivity index (χ2n) is 4.26. The predicted octanol–water partition coefficient (Wildman–Crippen LogP) is 3.73. The molecule has 2 aromatic rings. The van der Waals surface area contributed by atoms with Crippen LogP contribution in [0.2, 0.25) is 5.02 Å². The van der Waals surface area contributed by atoms with Gasteiger partial charge in [0.25, 0.3) is 0 Å². The maximum Gasteiger partial charge on any atom is 0.142 e. The molecule has 0 bridgehead atoms. The zero-order valence-corrected chi connectivity index (χ0v) is 11.6. The monoisotopic (exact) mass is 271 g/mol. The second-order valence-corrected chi connectivity index (χ2v) is 4.66. The summed E-state index contributed by atoms with van der Waals surface area (Å²) in [5, 5.41) is 9.96. The van der Waals surface area contributed by atoms with Crippen molar-refractivity contribution in [2.75, 3.05) is 5.73 Å². The lowest BCUT2D eigenvalue weighted by Crippen LogP contribution is -2.05. The number of aromatic nitrogens is 1. The molecule has 0 unspecified atom stereocenters. The smallest absolute Gasteiger partial charge is 0.142 e. The summed E-state index contributed by atoms with van der Waals surface area (Å²) < 4.78 is 0. The summed E-state index contributed by atoms with van der Waals surface area (Å²) in [6.07, 6.45) is 0.772. The van der Waals surface area contributed by atoms with E-state index in [4.69, 9.17) is 17.3 Å². The van der Waals surface area contributed by atoms with Gasteiger partial charge in [0, 0.05) is 21.8 Å². The van der Waals surface area contributed by atoms with E-state index in [2.05, 4.69) is 11.1 Å². The molecule has 0 atom stereocenters. The fourth-order valence-electron chi connectivity index (χ4n) is 2.27. The highest BCUT2D eigenvalue weighted by Crippen LogP contribution is 2.36. The number of halogens is 1. The Morgan fingerprint density at radius 2 is 2.05 bits per heavy atom. The predicted molar refractivity (Wildman–Crippen MR) is 77.9 cm³/mol. The van der Waals surface area contributed by atoms with E-state index in [1.807, 2.05) is 38.1 Å². The number of hydrogen-bond donors (Lipinski definition) is 1. The first kappa shape index (κ1) is 13.4. The molecular formula is C15H14ClN3. The van der Waals surface area contributed by atoms with Crippen molar-refractivity contribution in [2.24, 2.45) is 0 Å². The molecule has 0 spiro atoms. The van der Waals surface area contributed by atoms with Crippen molar-refractivity contribution in [2.45, 2.75) is 20.3 Å². The van der Waals surface area contributed by atoms with Crippen molar-refractivity contribution >= 4 is 17.4 Å². The highest BCUT2D eigenvalue weighted by molar-refractivity contribution is 6.33. The Bertz CT molecular complexity index is 672. The van der Waals surface area contributed by atoms with Crippen LogP contribution in [0.5, 0.6) is 0 Å². The van der Waals surface area contributed by atoms with Gasteiger partial charge in [-0.2, -0.15) is 5.26 Å². The third-order valence-corrected chi connectivity index (χ3v) is 3.47. The minimum Gasteiger partial charge on any atom is -0.383 e. The minimum absolute atomic E-state index is 0.257. The van der Waals surface area contributed by atoms with Crippen LogP contribution < -0.4 is 5.73 Å². The fourth-order valence-corrected chi connectivity index (χ4v) is 2.50. The maximum absolute atomic E-state index is 9.35. The molecule has 0 saturated carbocycles. The quantitative estimate of drug-likeness (QED) is 0.905. The molecule has 2 rings (SSSR count). The van der Waals surface area contributed by atoms with Gasteiger partial charge in [0.05, 0.1) is 0 Å². The van der Waals surface area contributed by atoms with E-state index in [-0.39, 0.29) is 5.82 Å². The number of aryl methyl sites for hydroxylation is 1. The van der Waals surface area contributed by atoms with E-state index < -0.39 is 0 Å². The number of pyridine rings is 1. The van der Waals surface area contributed by atoms with Crippen LogP contribution in [0, 0.1) is 18.3 Å². The number of hydrogen-bond acceptors (Lipinski definition) is 3. The number of anilines is 1. The van der Waals surface area contributed by atoms with Gasteiger partial charge in [0.15, 0.2) is 0 Å². The summed E-state index contributed by atoms with van der Waals surface area (Å²) in [6.45, 7) is 3.93. The van der Waals surface area contributed by atoms with Crippen LogP contribution in [0.1, 0.15) is 23.7 Å². The van der Waals surface area contributed by atoms with Crippen molar-refractivity contribution < 1.29 is 0 Å². The molecule has 0 amide bonds. The molecule has 4 heteroatoms. The van der Waals surface area contributed by atoms with Gasteiger partial charge in [-0.15, -0.1) is 0 Å². The molecule has 1 heterocycles. The molecule has 1 aromatic heterocycles. The van der Waals surface area contributed by atoms with E-state index >= 15 is 0 Å². The summed E-state index contributed by atoms with van der Waals surface area (Å²) in [4.78, 5) is 4.24. The van der Waals surface area contributed by atoms with Gasteiger partial charge in [0.2, 0.25) is 0 Å². The molecule has 0 aliphatic carbocycles. The van der Waals surface area contributed by atoms with Gasteiger partial charge in [-0.1, -0.05) is 36.7 Å². The van der Waals surface area contributed by atoms with Crippen molar-refractivity contribution in [3.05, 3.63) is 46.1 Å². The van der Waals surface area contributed by atoms with Crippen LogP contribution >= 0.6 is 11.6 Å². The van der Waals surface area contributed by atoms with E-state index in [1.54, 1.807) is 0 Å². The van der Waals surface area contributed by atoms with Crippen molar-refractivity contribution in [1.82, 2.24) is 4.98 Å². The van der Waals surface area contributed by atoms with Crippen LogP contribution in [0.4, 0.5) is 5.82 Å². The summed E-state index contributed by atoms with van der Waals surface area (Å²) in [5.41, 5.74) is 9.75. The van der Waals surface area contributed by atoms with E-state index in [9.17, 15) is 5.26 Å². The summed E-state index contributed by atoms with van der Waals surface area (Å²) in [6, 6.07) is 9.61. The molecule has 3 nitrogen and oxygen atoms in total. The molecule has 1 aromatic carbocycles. The van der Waals surface area contributed by atoms with Gasteiger partial charge in [-0.25, -0.2) is 4.98 Å². The Kier molecular flexibility index (Phi) is 3.73. The first-order chi connectivity index (χ1) is 9.10. The third kappa shape index (κ3) is 2.27. The number of nitrogen functional groups attached to an aromatic ring is 1. The van der Waals surface area contributed by atoms with Gasteiger partial charge in [0.1, 0.15) is 17.5 Å². The summed E-state index contributed by atoms with van der Waals surface area (Å²) >= 11 is 6.25. The third-order valence-electron chi connectivity index (χ3n) is 3.14. The Balaban J connectivity index is 2.89. The van der Waals surface area contributed by atoms with E-state index in [1.165, 1.54) is 0 Å². The van der Waals surface area contributed by atoms with Crippen LogP contribution in [-0.2, 0) is 6.42 Å². The fraction of sp³-hybridized carbons (Fsp3) is 0.200. The van der Waals surface area contributed by atoms with Crippen LogP contribution in [-0.4, -0.2) is 4.98 Å². The van der Waals surface area contributed by atoms with E-state index in [0.717, 1.165) is 28.8 Å². The Morgan fingerprint density at radius 3 is 2.63 bits per heavy atom. The average molecular weight is 272 g/mol. The lowest BCUT2D eigenvalue weighted by molar-refractivity contribution is 1.05. The SMILES string of the molecule is CCc1c(C)nc(N)c(C#N)c1-c1ccccc1Cl. The van der Waals surface area contributed by atoms with Crippen molar-refractivity contribution in [1.29, 1.82) is 5.26 Å². The molecule has 0 saturated heterocycles.